The Labute approximate surface area is 175 Å². The molecular formula is C24H22N2O4. The molecule has 0 unspecified atom stereocenters. The second kappa shape index (κ2) is 8.69. The van der Waals surface area contributed by atoms with Crippen LogP contribution in [0.15, 0.2) is 84.0 Å². The molecule has 6 nitrogen and oxygen atoms in total. The van der Waals surface area contributed by atoms with Gasteiger partial charge >= 0.3 is 5.97 Å². The van der Waals surface area contributed by atoms with Gasteiger partial charge in [0.2, 0.25) is 0 Å². The Bertz CT molecular complexity index is 1050. The Hall–Kier alpha value is -3.80. The molecule has 30 heavy (non-hydrogen) atoms. The zero-order valence-corrected chi connectivity index (χ0v) is 16.6. The van der Waals surface area contributed by atoms with E-state index in [2.05, 4.69) is 12.1 Å². The highest BCUT2D eigenvalue weighted by Crippen LogP contribution is 2.39. The van der Waals surface area contributed by atoms with Gasteiger partial charge in [0.1, 0.15) is 0 Å². The number of para-hydroxylation sites is 1. The predicted molar refractivity (Wildman–Crippen MR) is 115 cm³/mol. The zero-order valence-electron chi connectivity index (χ0n) is 16.6. The molecule has 1 aliphatic heterocycles. The van der Waals surface area contributed by atoms with Gasteiger partial charge in [-0.05, 0) is 35.4 Å². The lowest BCUT2D eigenvalue weighted by Crippen LogP contribution is -2.18. The van der Waals surface area contributed by atoms with Crippen LogP contribution in [0.3, 0.4) is 0 Å². The van der Waals surface area contributed by atoms with Crippen molar-refractivity contribution in [2.45, 2.75) is 12.5 Å². The number of hydrazone groups is 1. The van der Waals surface area contributed by atoms with E-state index in [1.165, 1.54) is 0 Å². The molecule has 0 spiro atoms. The second-order valence-corrected chi connectivity index (χ2v) is 6.91. The molecule has 4 rings (SSSR count). The molecule has 0 aromatic heterocycles. The van der Waals surface area contributed by atoms with Gasteiger partial charge in [-0.25, -0.2) is 4.79 Å². The number of anilines is 1. The second-order valence-electron chi connectivity index (χ2n) is 6.91. The highest BCUT2D eigenvalue weighted by molar-refractivity contribution is 6.03. The first-order chi connectivity index (χ1) is 14.7. The number of carboxylic acid groups (broad SMARTS) is 1. The molecule has 1 heterocycles. The van der Waals surface area contributed by atoms with Gasteiger partial charge in [-0.1, -0.05) is 54.6 Å². The number of methoxy groups -OCH3 is 1. The molecule has 6 heteroatoms. The summed E-state index contributed by atoms with van der Waals surface area (Å²) in [5.41, 5.74) is 4.11. The van der Waals surface area contributed by atoms with Crippen LogP contribution in [0.5, 0.6) is 11.5 Å². The van der Waals surface area contributed by atoms with E-state index in [1.54, 1.807) is 13.2 Å². The lowest BCUT2D eigenvalue weighted by atomic mass is 9.98. The van der Waals surface area contributed by atoms with Crippen LogP contribution >= 0.6 is 0 Å². The Morgan fingerprint density at radius 3 is 2.40 bits per heavy atom. The first kappa shape index (κ1) is 19.5. The van der Waals surface area contributed by atoms with Gasteiger partial charge in [0.15, 0.2) is 18.1 Å². The van der Waals surface area contributed by atoms with Crippen LogP contribution in [0.1, 0.15) is 23.6 Å². The number of carboxylic acids is 1. The summed E-state index contributed by atoms with van der Waals surface area (Å²) in [4.78, 5) is 10.8. The summed E-state index contributed by atoms with van der Waals surface area (Å²) in [6, 6.07) is 25.7. The summed E-state index contributed by atoms with van der Waals surface area (Å²) >= 11 is 0. The maximum absolute atomic E-state index is 10.8. The quantitative estimate of drug-likeness (QED) is 0.629. The molecule has 152 valence electrons. The lowest BCUT2D eigenvalue weighted by molar-refractivity contribution is -0.139. The highest BCUT2D eigenvalue weighted by atomic mass is 16.5. The fourth-order valence-corrected chi connectivity index (χ4v) is 3.54. The third kappa shape index (κ3) is 4.12. The Morgan fingerprint density at radius 1 is 1.03 bits per heavy atom. The fraction of sp³-hybridized carbons (Fsp3) is 0.167. The van der Waals surface area contributed by atoms with Crippen LogP contribution in [-0.4, -0.2) is 30.5 Å². The number of hydrogen-bond donors (Lipinski definition) is 1. The minimum atomic E-state index is -1.03. The van der Waals surface area contributed by atoms with Crippen molar-refractivity contribution in [1.82, 2.24) is 0 Å². The van der Waals surface area contributed by atoms with E-state index >= 15 is 0 Å². The molecule has 0 amide bonds. The lowest BCUT2D eigenvalue weighted by Gasteiger charge is -2.24. The van der Waals surface area contributed by atoms with E-state index < -0.39 is 12.6 Å². The smallest absolute Gasteiger partial charge is 0.341 e. The Morgan fingerprint density at radius 2 is 1.73 bits per heavy atom. The summed E-state index contributed by atoms with van der Waals surface area (Å²) in [7, 11) is 1.54. The molecule has 1 atom stereocenters. The average molecular weight is 402 g/mol. The van der Waals surface area contributed by atoms with Crippen molar-refractivity contribution in [3.05, 3.63) is 90.0 Å². The normalized spacial score (nSPS) is 15.6. The third-order valence-electron chi connectivity index (χ3n) is 4.96. The van der Waals surface area contributed by atoms with E-state index in [1.807, 2.05) is 65.7 Å². The summed E-state index contributed by atoms with van der Waals surface area (Å²) in [6.45, 7) is -0.420. The van der Waals surface area contributed by atoms with Gasteiger partial charge in [-0.15, -0.1) is 0 Å². The summed E-state index contributed by atoms with van der Waals surface area (Å²) in [5.74, 6) is -0.139. The molecule has 0 aliphatic carbocycles. The SMILES string of the molecule is COc1cc([C@@H]2CC(c3ccccc3)=NN2c2ccccc2)ccc1OCC(=O)O. The molecule has 0 fully saturated rings. The molecule has 0 saturated carbocycles. The maximum atomic E-state index is 10.8. The van der Waals surface area contributed by atoms with E-state index in [9.17, 15) is 4.79 Å². The molecule has 3 aromatic rings. The van der Waals surface area contributed by atoms with Crippen molar-refractivity contribution >= 4 is 17.4 Å². The highest BCUT2D eigenvalue weighted by Gasteiger charge is 2.30. The number of hydrogen-bond acceptors (Lipinski definition) is 5. The third-order valence-corrected chi connectivity index (χ3v) is 4.96. The number of aliphatic carboxylic acids is 1. The topological polar surface area (TPSA) is 71.4 Å². The van der Waals surface area contributed by atoms with E-state index in [4.69, 9.17) is 19.7 Å². The van der Waals surface area contributed by atoms with Crippen LogP contribution in [0, 0.1) is 0 Å². The van der Waals surface area contributed by atoms with Crippen LogP contribution < -0.4 is 14.5 Å². The minimum Gasteiger partial charge on any atom is -0.493 e. The first-order valence-corrected chi connectivity index (χ1v) is 9.65. The van der Waals surface area contributed by atoms with Gasteiger partial charge in [0.05, 0.1) is 24.6 Å². The molecule has 1 N–H and O–H groups in total. The van der Waals surface area contributed by atoms with Crippen LogP contribution in [0.25, 0.3) is 0 Å². The standard InChI is InChI=1S/C24H22N2O4/c1-29-23-14-18(12-13-22(23)30-16-24(27)28)21-15-20(17-8-4-2-5-9-17)25-26(21)19-10-6-3-7-11-19/h2-14,21H,15-16H2,1H3,(H,27,28)/t21-/m0/s1. The number of benzene rings is 3. The van der Waals surface area contributed by atoms with Gasteiger partial charge in [-0.2, -0.15) is 5.10 Å². The molecule has 0 saturated heterocycles. The van der Waals surface area contributed by atoms with Gasteiger partial charge in [-0.3, -0.25) is 5.01 Å². The summed E-state index contributed by atoms with van der Waals surface area (Å²) in [5, 5.41) is 15.8. The molecule has 1 aliphatic rings. The van der Waals surface area contributed by atoms with Crippen LogP contribution in [0.4, 0.5) is 5.69 Å². The van der Waals surface area contributed by atoms with Crippen molar-refractivity contribution in [3.63, 3.8) is 0 Å². The Balaban J connectivity index is 1.69. The van der Waals surface area contributed by atoms with E-state index in [0.717, 1.165) is 28.9 Å². The monoisotopic (exact) mass is 402 g/mol. The number of nitrogens with zero attached hydrogens (tertiary/aromatic N) is 2. The van der Waals surface area contributed by atoms with Crippen molar-refractivity contribution in [2.24, 2.45) is 5.10 Å². The van der Waals surface area contributed by atoms with E-state index in [-0.39, 0.29) is 6.04 Å². The van der Waals surface area contributed by atoms with Crippen molar-refractivity contribution in [3.8, 4) is 11.5 Å². The van der Waals surface area contributed by atoms with Crippen LogP contribution in [0.2, 0.25) is 0 Å². The summed E-state index contributed by atoms with van der Waals surface area (Å²) < 4.78 is 10.8. The fourth-order valence-electron chi connectivity index (χ4n) is 3.54. The number of rotatable bonds is 7. The minimum absolute atomic E-state index is 0.0231. The van der Waals surface area contributed by atoms with Crippen molar-refractivity contribution in [2.75, 3.05) is 18.7 Å². The van der Waals surface area contributed by atoms with Gasteiger partial charge in [0, 0.05) is 6.42 Å². The van der Waals surface area contributed by atoms with Gasteiger partial charge < -0.3 is 14.6 Å². The molecule has 3 aromatic carbocycles. The maximum Gasteiger partial charge on any atom is 0.341 e. The Kier molecular flexibility index (Phi) is 5.66. The van der Waals surface area contributed by atoms with Crippen molar-refractivity contribution in [1.29, 1.82) is 0 Å². The largest absolute Gasteiger partial charge is 0.493 e. The number of carbonyl (C=O) groups is 1. The summed E-state index contributed by atoms with van der Waals surface area (Å²) in [6.07, 6.45) is 0.734. The average Bonchev–Trinajstić information content (AvgIpc) is 3.24. The first-order valence-electron chi connectivity index (χ1n) is 9.65. The molecular weight excluding hydrogens is 380 g/mol. The molecule has 0 bridgehead atoms. The van der Waals surface area contributed by atoms with Crippen molar-refractivity contribution < 1.29 is 19.4 Å². The molecule has 0 radical (unpaired) electrons. The van der Waals surface area contributed by atoms with E-state index in [0.29, 0.717) is 11.5 Å². The van der Waals surface area contributed by atoms with Crippen LogP contribution in [-0.2, 0) is 4.79 Å². The predicted octanol–water partition coefficient (Wildman–Crippen LogP) is 4.51. The number of ether oxygens (including phenoxy) is 2. The van der Waals surface area contributed by atoms with Gasteiger partial charge in [0.25, 0.3) is 0 Å². The zero-order chi connectivity index (χ0) is 20.9.